The quantitative estimate of drug-likeness (QED) is 0.647. The van der Waals surface area contributed by atoms with E-state index in [2.05, 4.69) is 44.4 Å². The Balaban J connectivity index is 0.00000196. The Morgan fingerprint density at radius 2 is 1.75 bits per heavy atom. The second kappa shape index (κ2) is 11.3. The van der Waals surface area contributed by atoms with E-state index in [1.807, 2.05) is 17.0 Å². The zero-order chi connectivity index (χ0) is 18.7. The first-order valence-corrected chi connectivity index (χ1v) is 10.3. The van der Waals surface area contributed by atoms with Gasteiger partial charge in [-0.15, -0.1) is 24.8 Å². The minimum atomic E-state index is 0. The molecule has 2 N–H and O–H groups in total. The summed E-state index contributed by atoms with van der Waals surface area (Å²) in [5.41, 5.74) is 2.99. The van der Waals surface area contributed by atoms with Crippen LogP contribution in [0, 0.1) is 18.8 Å². The first kappa shape index (κ1) is 25.1. The Morgan fingerprint density at radius 1 is 1.11 bits per heavy atom. The number of nitrogens with one attached hydrogen (secondary N) is 2. The second-order valence-electron chi connectivity index (χ2n) is 8.57. The fourth-order valence-electron chi connectivity index (χ4n) is 3.55. The Labute approximate surface area is 183 Å². The molecule has 28 heavy (non-hydrogen) atoms. The normalized spacial score (nSPS) is 18.2. The van der Waals surface area contributed by atoms with Crippen LogP contribution < -0.4 is 10.6 Å². The number of amides is 1. The molecule has 3 rings (SSSR count). The van der Waals surface area contributed by atoms with Gasteiger partial charge in [-0.3, -0.25) is 4.79 Å². The van der Waals surface area contributed by atoms with E-state index in [-0.39, 0.29) is 30.7 Å². The molecule has 1 aromatic carbocycles. The van der Waals surface area contributed by atoms with Crippen molar-refractivity contribution in [3.8, 4) is 0 Å². The minimum Gasteiger partial charge on any atom is -0.382 e. The van der Waals surface area contributed by atoms with Crippen LogP contribution in [0.3, 0.4) is 0 Å². The predicted molar refractivity (Wildman–Crippen MR) is 123 cm³/mol. The van der Waals surface area contributed by atoms with Crippen molar-refractivity contribution in [2.75, 3.05) is 25.0 Å². The van der Waals surface area contributed by atoms with E-state index in [0.717, 1.165) is 48.7 Å². The Bertz CT molecular complexity index is 626. The van der Waals surface area contributed by atoms with Gasteiger partial charge < -0.3 is 15.5 Å². The highest BCUT2D eigenvalue weighted by Crippen LogP contribution is 2.28. The number of carbonyl (C=O) groups excluding carboxylic acids is 1. The number of carbonyl (C=O) groups is 1. The summed E-state index contributed by atoms with van der Waals surface area (Å²) in [6.45, 7) is 11.6. The molecule has 0 aromatic heterocycles. The molecule has 2 aliphatic rings. The number of rotatable bonds is 7. The van der Waals surface area contributed by atoms with Gasteiger partial charge in [-0.2, -0.15) is 0 Å². The molecule has 1 saturated heterocycles. The average molecular weight is 430 g/mol. The van der Waals surface area contributed by atoms with Crippen molar-refractivity contribution in [3.63, 3.8) is 0 Å². The molecule has 1 unspecified atom stereocenters. The number of benzene rings is 1. The maximum absolute atomic E-state index is 13.1. The molecule has 160 valence electrons. The number of likely N-dealkylation sites (tertiary alicyclic amines) is 1. The molecule has 1 heterocycles. The van der Waals surface area contributed by atoms with Crippen LogP contribution in [0.4, 0.5) is 5.69 Å². The molecule has 1 saturated carbocycles. The van der Waals surface area contributed by atoms with Crippen LogP contribution >= 0.6 is 24.8 Å². The smallest absolute Gasteiger partial charge is 0.254 e. The number of piperidine rings is 1. The van der Waals surface area contributed by atoms with Gasteiger partial charge in [0.05, 0.1) is 0 Å². The molecule has 0 bridgehead atoms. The zero-order valence-corrected chi connectivity index (χ0v) is 19.3. The van der Waals surface area contributed by atoms with E-state index in [9.17, 15) is 4.79 Å². The van der Waals surface area contributed by atoms with Crippen molar-refractivity contribution in [1.29, 1.82) is 0 Å². The number of anilines is 1. The van der Waals surface area contributed by atoms with Crippen molar-refractivity contribution < 1.29 is 4.79 Å². The van der Waals surface area contributed by atoms with Crippen molar-refractivity contribution >= 4 is 36.4 Å². The van der Waals surface area contributed by atoms with Crippen LogP contribution in [-0.2, 0) is 0 Å². The van der Waals surface area contributed by atoms with Gasteiger partial charge in [-0.05, 0) is 75.6 Å². The molecule has 1 aromatic rings. The van der Waals surface area contributed by atoms with Gasteiger partial charge >= 0.3 is 0 Å². The third kappa shape index (κ3) is 6.53. The molecule has 1 atom stereocenters. The van der Waals surface area contributed by atoms with E-state index in [0.29, 0.717) is 18.0 Å². The minimum absolute atomic E-state index is 0. The molecule has 1 aliphatic heterocycles. The monoisotopic (exact) mass is 429 g/mol. The summed E-state index contributed by atoms with van der Waals surface area (Å²) in [5, 5.41) is 7.25. The highest BCUT2D eigenvalue weighted by molar-refractivity contribution is 5.97. The molecule has 0 radical (unpaired) electrons. The highest BCUT2D eigenvalue weighted by Gasteiger charge is 2.27. The average Bonchev–Trinajstić information content (AvgIpc) is 3.46. The second-order valence-corrected chi connectivity index (χ2v) is 8.57. The fraction of sp³-hybridized carbons (Fsp3) is 0.682. The summed E-state index contributed by atoms with van der Waals surface area (Å²) in [7, 11) is 0. The van der Waals surface area contributed by atoms with E-state index >= 15 is 0 Å². The van der Waals surface area contributed by atoms with Crippen LogP contribution in [0.15, 0.2) is 18.2 Å². The number of hydrogen-bond donors (Lipinski definition) is 2. The van der Waals surface area contributed by atoms with E-state index in [1.165, 1.54) is 19.4 Å². The van der Waals surface area contributed by atoms with Crippen LogP contribution in [0.1, 0.15) is 62.4 Å². The van der Waals surface area contributed by atoms with E-state index in [4.69, 9.17) is 0 Å². The fourth-order valence-corrected chi connectivity index (χ4v) is 3.55. The third-order valence-electron chi connectivity index (χ3n) is 6.12. The summed E-state index contributed by atoms with van der Waals surface area (Å²) < 4.78 is 0. The van der Waals surface area contributed by atoms with Gasteiger partial charge in [-0.1, -0.05) is 19.9 Å². The first-order chi connectivity index (χ1) is 12.5. The van der Waals surface area contributed by atoms with Crippen LogP contribution in [-0.4, -0.2) is 42.5 Å². The molecule has 1 amide bonds. The summed E-state index contributed by atoms with van der Waals surface area (Å²) in [4.78, 5) is 15.1. The van der Waals surface area contributed by atoms with Crippen LogP contribution in [0.25, 0.3) is 0 Å². The van der Waals surface area contributed by atoms with Crippen LogP contribution in [0.2, 0.25) is 0 Å². The third-order valence-corrected chi connectivity index (χ3v) is 6.12. The first-order valence-electron chi connectivity index (χ1n) is 10.3. The van der Waals surface area contributed by atoms with Gasteiger partial charge in [0.25, 0.3) is 5.91 Å². The molecule has 6 heteroatoms. The number of hydrogen-bond acceptors (Lipinski definition) is 3. The van der Waals surface area contributed by atoms with Crippen molar-refractivity contribution in [1.82, 2.24) is 10.2 Å². The number of halogens is 2. The lowest BCUT2D eigenvalue weighted by Crippen LogP contribution is -2.45. The molecular weight excluding hydrogens is 393 g/mol. The zero-order valence-electron chi connectivity index (χ0n) is 17.7. The van der Waals surface area contributed by atoms with Crippen molar-refractivity contribution in [3.05, 3.63) is 29.3 Å². The lowest BCUT2D eigenvalue weighted by atomic mass is 10.00. The molecule has 1 aliphatic carbocycles. The Morgan fingerprint density at radius 3 is 2.32 bits per heavy atom. The van der Waals surface area contributed by atoms with Crippen LogP contribution in [0.5, 0.6) is 0 Å². The Kier molecular flexibility index (Phi) is 10.1. The standard InChI is InChI=1S/C22H35N3O.2ClH/c1-15(2)17(4)24-21-7-5-6-20(16(21)3)22(26)25-12-10-19(11-13-25)23-14-18-8-9-18;;/h5-7,15,17-19,23-24H,8-14H2,1-4H3;2*1H. The summed E-state index contributed by atoms with van der Waals surface area (Å²) in [6.07, 6.45) is 4.92. The SMILES string of the molecule is Cc1c(NC(C)C(C)C)cccc1C(=O)N1CCC(NCC2CC2)CC1.Cl.Cl. The summed E-state index contributed by atoms with van der Waals surface area (Å²) in [5.74, 6) is 1.65. The van der Waals surface area contributed by atoms with Gasteiger partial charge in [-0.25, -0.2) is 0 Å². The summed E-state index contributed by atoms with van der Waals surface area (Å²) >= 11 is 0. The number of nitrogens with zero attached hydrogens (tertiary/aromatic N) is 1. The summed E-state index contributed by atoms with van der Waals surface area (Å²) in [6, 6.07) is 7.02. The molecule has 0 spiro atoms. The Hall–Kier alpha value is -0.970. The van der Waals surface area contributed by atoms with Gasteiger partial charge in [0.15, 0.2) is 0 Å². The maximum atomic E-state index is 13.1. The van der Waals surface area contributed by atoms with E-state index in [1.54, 1.807) is 0 Å². The maximum Gasteiger partial charge on any atom is 0.254 e. The lowest BCUT2D eigenvalue weighted by molar-refractivity contribution is 0.0704. The van der Waals surface area contributed by atoms with E-state index < -0.39 is 0 Å². The predicted octanol–water partition coefficient (Wildman–Crippen LogP) is 4.90. The molecule has 4 nitrogen and oxygen atoms in total. The van der Waals surface area contributed by atoms with Crippen molar-refractivity contribution in [2.45, 2.75) is 65.5 Å². The largest absolute Gasteiger partial charge is 0.382 e. The topological polar surface area (TPSA) is 44.4 Å². The van der Waals surface area contributed by atoms with Gasteiger partial charge in [0.1, 0.15) is 0 Å². The van der Waals surface area contributed by atoms with Gasteiger partial charge in [0.2, 0.25) is 0 Å². The lowest BCUT2D eigenvalue weighted by Gasteiger charge is -2.33. The van der Waals surface area contributed by atoms with Gasteiger partial charge in [0, 0.05) is 36.4 Å². The highest BCUT2D eigenvalue weighted by atomic mass is 35.5. The molecular formula is C22H37Cl2N3O. The van der Waals surface area contributed by atoms with Crippen molar-refractivity contribution in [2.24, 2.45) is 11.8 Å². The molecule has 2 fully saturated rings.